The van der Waals surface area contributed by atoms with E-state index >= 15 is 0 Å². The van der Waals surface area contributed by atoms with Gasteiger partial charge < -0.3 is 25.4 Å². The molecule has 184 valence electrons. The fraction of sp³-hybridized carbons (Fsp3) is 0.385. The highest BCUT2D eigenvalue weighted by Crippen LogP contribution is 2.44. The average Bonchev–Trinajstić information content (AvgIpc) is 3.15. The summed E-state index contributed by atoms with van der Waals surface area (Å²) in [6, 6.07) is 15.8. The minimum absolute atomic E-state index is 0.0881. The topological polar surface area (TPSA) is 132 Å². The molecule has 35 heavy (non-hydrogen) atoms. The molecule has 0 heterocycles. The van der Waals surface area contributed by atoms with Crippen molar-refractivity contribution in [3.63, 3.8) is 0 Å². The number of fused-ring (bicyclic) bond motifs is 3. The Morgan fingerprint density at radius 3 is 2.17 bits per heavy atom. The number of carbonyl (C=O) groups is 3. The van der Waals surface area contributed by atoms with Crippen LogP contribution in [-0.4, -0.2) is 67.3 Å². The molecule has 0 radical (unpaired) electrons. The molecule has 2 aromatic carbocycles. The van der Waals surface area contributed by atoms with Crippen LogP contribution in [0.4, 0.5) is 4.79 Å². The van der Waals surface area contributed by atoms with Gasteiger partial charge in [0.05, 0.1) is 6.07 Å². The lowest BCUT2D eigenvalue weighted by atomic mass is 9.98. The molecule has 0 saturated heterocycles. The van der Waals surface area contributed by atoms with E-state index in [0.717, 1.165) is 22.3 Å². The number of amides is 2. The molecule has 2 unspecified atom stereocenters. The Bertz CT molecular complexity index is 1070. The number of nitrogens with zero attached hydrogens (tertiary/aromatic N) is 2. The lowest BCUT2D eigenvalue weighted by Gasteiger charge is -2.23. The number of nitriles is 1. The number of rotatable bonds is 11. The second kappa shape index (κ2) is 12.0. The number of nitrogens with one attached hydrogen (secondary N) is 2. The van der Waals surface area contributed by atoms with E-state index in [1.54, 1.807) is 19.0 Å². The van der Waals surface area contributed by atoms with Crippen molar-refractivity contribution in [2.75, 3.05) is 27.2 Å². The average molecular weight is 479 g/mol. The summed E-state index contributed by atoms with van der Waals surface area (Å²) in [5.74, 6) is -1.94. The first kappa shape index (κ1) is 25.7. The highest BCUT2D eigenvalue weighted by atomic mass is 16.5. The molecule has 9 nitrogen and oxygen atoms in total. The highest BCUT2D eigenvalue weighted by Gasteiger charge is 2.30. The Labute approximate surface area is 204 Å². The minimum Gasteiger partial charge on any atom is -0.480 e. The third kappa shape index (κ3) is 6.58. The summed E-state index contributed by atoms with van der Waals surface area (Å²) in [5, 5.41) is 23.3. The van der Waals surface area contributed by atoms with E-state index in [9.17, 15) is 19.5 Å². The summed E-state index contributed by atoms with van der Waals surface area (Å²) in [5.41, 5.74) is 4.34. The molecule has 2 atom stereocenters. The van der Waals surface area contributed by atoms with Crippen LogP contribution in [0, 0.1) is 11.3 Å². The van der Waals surface area contributed by atoms with Crippen molar-refractivity contribution in [2.45, 2.75) is 37.3 Å². The number of carboxylic acids is 1. The maximum Gasteiger partial charge on any atom is 0.407 e. The molecular weight excluding hydrogens is 448 g/mol. The number of carboxylic acid groups (broad SMARTS) is 1. The third-order valence-electron chi connectivity index (χ3n) is 5.90. The van der Waals surface area contributed by atoms with Crippen LogP contribution >= 0.6 is 0 Å². The number of benzene rings is 2. The fourth-order valence-corrected chi connectivity index (χ4v) is 4.26. The Morgan fingerprint density at radius 1 is 1.03 bits per heavy atom. The molecule has 3 rings (SSSR count). The smallest absolute Gasteiger partial charge is 0.407 e. The van der Waals surface area contributed by atoms with E-state index in [0.29, 0.717) is 6.42 Å². The van der Waals surface area contributed by atoms with E-state index in [2.05, 4.69) is 10.6 Å². The molecule has 3 N–H and O–H groups in total. The van der Waals surface area contributed by atoms with E-state index in [4.69, 9.17) is 10.00 Å². The lowest BCUT2D eigenvalue weighted by molar-refractivity contribution is -0.142. The summed E-state index contributed by atoms with van der Waals surface area (Å²) in [4.78, 5) is 38.6. The van der Waals surface area contributed by atoms with Crippen LogP contribution in [0.2, 0.25) is 0 Å². The van der Waals surface area contributed by atoms with Crippen LogP contribution in [0.5, 0.6) is 0 Å². The van der Waals surface area contributed by atoms with Gasteiger partial charge in [-0.2, -0.15) is 5.26 Å². The van der Waals surface area contributed by atoms with Crippen LogP contribution in [-0.2, 0) is 14.3 Å². The number of aliphatic carboxylic acids is 1. The van der Waals surface area contributed by atoms with Crippen molar-refractivity contribution >= 4 is 18.0 Å². The predicted molar refractivity (Wildman–Crippen MR) is 130 cm³/mol. The fourth-order valence-electron chi connectivity index (χ4n) is 4.26. The van der Waals surface area contributed by atoms with Crippen LogP contribution in [0.1, 0.15) is 36.3 Å². The normalized spacial score (nSPS) is 13.8. The molecule has 2 amide bonds. The van der Waals surface area contributed by atoms with Crippen molar-refractivity contribution in [3.05, 3.63) is 59.7 Å². The number of ether oxygens (including phenoxy) is 1. The van der Waals surface area contributed by atoms with Gasteiger partial charge >= 0.3 is 12.1 Å². The van der Waals surface area contributed by atoms with Gasteiger partial charge in [0.15, 0.2) is 0 Å². The summed E-state index contributed by atoms with van der Waals surface area (Å²) in [6.07, 6.45) is -0.0268. The summed E-state index contributed by atoms with van der Waals surface area (Å²) < 4.78 is 5.52. The van der Waals surface area contributed by atoms with Gasteiger partial charge in [-0.15, -0.1) is 0 Å². The zero-order valence-corrected chi connectivity index (χ0v) is 19.9. The first-order chi connectivity index (χ1) is 16.8. The van der Waals surface area contributed by atoms with Gasteiger partial charge in [-0.25, -0.2) is 9.59 Å². The van der Waals surface area contributed by atoms with Crippen molar-refractivity contribution in [2.24, 2.45) is 0 Å². The van der Waals surface area contributed by atoms with Gasteiger partial charge in [0.2, 0.25) is 5.91 Å². The molecule has 0 spiro atoms. The summed E-state index contributed by atoms with van der Waals surface area (Å²) in [6.45, 7) is 0.182. The van der Waals surface area contributed by atoms with Gasteiger partial charge in [-0.05, 0) is 49.2 Å². The van der Waals surface area contributed by atoms with E-state index in [1.165, 1.54) is 0 Å². The molecule has 0 bridgehead atoms. The third-order valence-corrected chi connectivity index (χ3v) is 5.90. The summed E-state index contributed by atoms with van der Waals surface area (Å²) in [7, 11) is 3.39. The number of unbranched alkanes of at least 4 members (excludes halogenated alkanes) is 1. The quantitative estimate of drug-likeness (QED) is 0.423. The zero-order chi connectivity index (χ0) is 25.4. The molecule has 9 heteroatoms. The monoisotopic (exact) mass is 478 g/mol. The standard InChI is InChI=1S/C26H30N4O5/c1-30(2)15-23(25(32)33)28-24(31)22(13-7-8-14-27)29-26(34)35-16-21-19-11-5-3-9-17(19)18-10-4-6-12-20(18)21/h3-6,9-12,21-23H,7-8,13,15-16H2,1-2H3,(H,28,31)(H,29,34)(H,32,33). The first-order valence-electron chi connectivity index (χ1n) is 11.5. The van der Waals surface area contributed by atoms with Crippen molar-refractivity contribution in [1.29, 1.82) is 5.26 Å². The molecule has 0 aromatic heterocycles. The van der Waals surface area contributed by atoms with Gasteiger partial charge in [0, 0.05) is 18.9 Å². The SMILES string of the molecule is CN(C)CC(NC(=O)C(CCCC#N)NC(=O)OCC1c2ccccc2-c2ccccc21)C(=O)O. The number of likely N-dealkylation sites (N-methyl/N-ethyl adjacent to an activating group) is 1. The second-order valence-corrected chi connectivity index (χ2v) is 8.73. The van der Waals surface area contributed by atoms with E-state index in [1.807, 2.05) is 54.6 Å². The predicted octanol–water partition coefficient (Wildman–Crippen LogP) is 2.72. The molecule has 0 fully saturated rings. The Balaban J connectivity index is 1.66. The Hall–Kier alpha value is -3.90. The molecule has 1 aliphatic carbocycles. The number of carbonyl (C=O) groups excluding carboxylic acids is 2. The number of hydrogen-bond acceptors (Lipinski definition) is 6. The van der Waals surface area contributed by atoms with Gasteiger partial charge in [0.1, 0.15) is 18.7 Å². The van der Waals surface area contributed by atoms with Crippen molar-refractivity contribution in [1.82, 2.24) is 15.5 Å². The van der Waals surface area contributed by atoms with Crippen LogP contribution in [0.15, 0.2) is 48.5 Å². The molecule has 0 aliphatic heterocycles. The first-order valence-corrected chi connectivity index (χ1v) is 11.5. The lowest BCUT2D eigenvalue weighted by Crippen LogP contribution is -2.54. The maximum absolute atomic E-state index is 12.8. The van der Waals surface area contributed by atoms with Crippen molar-refractivity contribution in [3.8, 4) is 17.2 Å². The van der Waals surface area contributed by atoms with Gasteiger partial charge in [-0.3, -0.25) is 4.79 Å². The largest absolute Gasteiger partial charge is 0.480 e. The van der Waals surface area contributed by atoms with Crippen LogP contribution in [0.3, 0.4) is 0 Å². The zero-order valence-electron chi connectivity index (χ0n) is 19.9. The Kier molecular flexibility index (Phi) is 8.81. The van der Waals surface area contributed by atoms with Crippen molar-refractivity contribution < 1.29 is 24.2 Å². The van der Waals surface area contributed by atoms with Gasteiger partial charge in [-0.1, -0.05) is 48.5 Å². The van der Waals surface area contributed by atoms with E-state index < -0.39 is 30.1 Å². The number of hydrogen-bond donors (Lipinski definition) is 3. The van der Waals surface area contributed by atoms with Crippen LogP contribution < -0.4 is 10.6 Å². The number of alkyl carbamates (subject to hydrolysis) is 1. The maximum atomic E-state index is 12.8. The molecule has 0 saturated carbocycles. The Morgan fingerprint density at radius 2 is 1.63 bits per heavy atom. The molecule has 2 aromatic rings. The van der Waals surface area contributed by atoms with Gasteiger partial charge in [0.25, 0.3) is 0 Å². The summed E-state index contributed by atoms with van der Waals surface area (Å²) >= 11 is 0. The highest BCUT2D eigenvalue weighted by molar-refractivity contribution is 5.89. The second-order valence-electron chi connectivity index (χ2n) is 8.73. The van der Waals surface area contributed by atoms with E-state index in [-0.39, 0.29) is 31.9 Å². The molecular formula is C26H30N4O5. The molecule has 1 aliphatic rings. The minimum atomic E-state index is -1.18. The van der Waals surface area contributed by atoms with Crippen LogP contribution in [0.25, 0.3) is 11.1 Å².